The van der Waals surface area contributed by atoms with Crippen LogP contribution in [0.2, 0.25) is 0 Å². The maximum Gasteiger partial charge on any atom is 0.352 e. The van der Waals surface area contributed by atoms with Crippen LogP contribution in [0, 0.1) is 21.4 Å². The van der Waals surface area contributed by atoms with Crippen LogP contribution < -0.4 is 5.43 Å². The van der Waals surface area contributed by atoms with Gasteiger partial charge in [-0.2, -0.15) is 10.7 Å². The van der Waals surface area contributed by atoms with Gasteiger partial charge >= 0.3 is 6.34 Å². The molecule has 0 aliphatic heterocycles. The topological polar surface area (TPSA) is 91.3 Å². The number of nitrogens with one attached hydrogen (secondary N) is 1. The van der Waals surface area contributed by atoms with Crippen molar-refractivity contribution < 1.29 is 4.92 Å². The summed E-state index contributed by atoms with van der Waals surface area (Å²) in [5.41, 5.74) is 3.22. The molecule has 0 aliphatic carbocycles. The molecule has 0 unspecified atom stereocenters. The fourth-order valence-corrected chi connectivity index (χ4v) is 0.824. The van der Waals surface area contributed by atoms with E-state index in [9.17, 15) is 10.1 Å². The minimum absolute atomic E-state index is 0.382. The Morgan fingerprint density at radius 2 is 2.29 bits per heavy atom. The van der Waals surface area contributed by atoms with Crippen molar-refractivity contribution in [2.45, 2.75) is 0 Å². The largest absolute Gasteiger partial charge is 0.358 e. The molecule has 1 rings (SSSR count). The molecule has 1 aromatic rings. The predicted octanol–water partition coefficient (Wildman–Crippen LogP) is 1.19. The molecule has 0 radical (unpaired) electrons. The molecule has 0 aliphatic rings. The highest BCUT2D eigenvalue weighted by Crippen LogP contribution is 2.12. The van der Waals surface area contributed by atoms with E-state index in [0.29, 0.717) is 17.6 Å². The van der Waals surface area contributed by atoms with Crippen molar-refractivity contribution in [3.63, 3.8) is 0 Å². The van der Waals surface area contributed by atoms with Crippen LogP contribution in [0.3, 0.4) is 0 Å². The van der Waals surface area contributed by atoms with Crippen molar-refractivity contribution in [2.75, 3.05) is 5.43 Å². The minimum atomic E-state index is -0.692. The quantitative estimate of drug-likeness (QED) is 0.335. The smallest absolute Gasteiger partial charge is 0.352 e. The van der Waals surface area contributed by atoms with Crippen LogP contribution in [-0.4, -0.2) is 11.3 Å². The maximum absolute atomic E-state index is 9.90. The van der Waals surface area contributed by atoms with Crippen LogP contribution in [0.4, 0.5) is 5.69 Å². The number of hydrogen-bond donors (Lipinski definition) is 1. The Kier molecular flexibility index (Phi) is 3.15. The number of nitrogens with zero attached hydrogens (tertiary/aromatic N) is 3. The zero-order valence-electron chi connectivity index (χ0n) is 7.04. The third-order valence-electron chi connectivity index (χ3n) is 1.38. The lowest BCUT2D eigenvalue weighted by molar-refractivity contribution is -0.339. The van der Waals surface area contributed by atoms with Gasteiger partial charge in [-0.15, -0.1) is 0 Å². The van der Waals surface area contributed by atoms with Crippen LogP contribution in [0.5, 0.6) is 0 Å². The number of benzene rings is 1. The summed E-state index contributed by atoms with van der Waals surface area (Å²) >= 11 is 0. The van der Waals surface area contributed by atoms with E-state index in [-0.39, 0.29) is 0 Å². The molecule has 6 heteroatoms. The summed E-state index contributed by atoms with van der Waals surface area (Å²) in [6.07, 6.45) is 0.522. The molecule has 0 bridgehead atoms. The van der Waals surface area contributed by atoms with Gasteiger partial charge in [0.25, 0.3) is 0 Å². The molecule has 6 nitrogen and oxygen atoms in total. The lowest BCUT2D eigenvalue weighted by Crippen LogP contribution is -1.98. The number of anilines is 1. The number of nitro groups is 1. The van der Waals surface area contributed by atoms with Gasteiger partial charge in [-0.1, -0.05) is 12.1 Å². The van der Waals surface area contributed by atoms with Crippen molar-refractivity contribution in [1.29, 1.82) is 5.26 Å². The Balaban J connectivity index is 2.77. The average molecular weight is 190 g/mol. The predicted molar refractivity (Wildman–Crippen MR) is 50.3 cm³/mol. The first-order chi connectivity index (χ1) is 6.74. The van der Waals surface area contributed by atoms with Gasteiger partial charge in [0.1, 0.15) is 6.07 Å². The van der Waals surface area contributed by atoms with E-state index in [1.165, 1.54) is 0 Å². The highest BCUT2D eigenvalue weighted by atomic mass is 16.6. The van der Waals surface area contributed by atoms with E-state index in [2.05, 4.69) is 10.5 Å². The molecule has 70 valence electrons. The Morgan fingerprint density at radius 3 is 2.93 bits per heavy atom. The van der Waals surface area contributed by atoms with E-state index in [1.54, 1.807) is 24.3 Å². The van der Waals surface area contributed by atoms with E-state index >= 15 is 0 Å². The standard InChI is InChI=1S/C8H6N4O2/c9-5-7-3-1-2-4-8(7)11-10-6-12(13)14/h1-4,6,11H/b10-6+. The number of para-hydroxylation sites is 1. The Hall–Kier alpha value is -2.42. The lowest BCUT2D eigenvalue weighted by Gasteiger charge is -1.95. The highest BCUT2D eigenvalue weighted by molar-refractivity contribution is 5.58. The molecule has 0 saturated heterocycles. The maximum atomic E-state index is 9.90. The van der Waals surface area contributed by atoms with Gasteiger partial charge in [0.05, 0.1) is 11.3 Å². The van der Waals surface area contributed by atoms with Crippen LogP contribution in [-0.2, 0) is 0 Å². The van der Waals surface area contributed by atoms with E-state index in [0.717, 1.165) is 0 Å². The van der Waals surface area contributed by atoms with Gasteiger partial charge in [0.15, 0.2) is 0 Å². The van der Waals surface area contributed by atoms with E-state index < -0.39 is 4.92 Å². The molecular formula is C8H6N4O2. The molecule has 0 saturated carbocycles. The van der Waals surface area contributed by atoms with Crippen molar-refractivity contribution >= 4 is 12.0 Å². The third-order valence-corrected chi connectivity index (χ3v) is 1.38. The van der Waals surface area contributed by atoms with Crippen molar-refractivity contribution in [1.82, 2.24) is 0 Å². The van der Waals surface area contributed by atoms with Gasteiger partial charge in [-0.3, -0.25) is 0 Å². The van der Waals surface area contributed by atoms with Crippen LogP contribution in [0.1, 0.15) is 5.56 Å². The van der Waals surface area contributed by atoms with Crippen LogP contribution >= 0.6 is 0 Å². The molecular weight excluding hydrogens is 184 g/mol. The normalized spacial score (nSPS) is 9.64. The summed E-state index contributed by atoms with van der Waals surface area (Å²) in [6, 6.07) is 8.52. The van der Waals surface area contributed by atoms with Crippen molar-refractivity contribution in [2.24, 2.45) is 5.10 Å². The number of hydrogen-bond acceptors (Lipinski definition) is 5. The van der Waals surface area contributed by atoms with Gasteiger partial charge in [-0.25, -0.2) is 0 Å². The Morgan fingerprint density at radius 1 is 1.57 bits per heavy atom. The van der Waals surface area contributed by atoms with E-state index in [1.807, 2.05) is 6.07 Å². The fourth-order valence-electron chi connectivity index (χ4n) is 0.824. The Labute approximate surface area is 79.6 Å². The first kappa shape index (κ1) is 9.67. The fraction of sp³-hybridized carbons (Fsp3) is 0. The van der Waals surface area contributed by atoms with Gasteiger partial charge < -0.3 is 10.1 Å². The second-order valence-corrected chi connectivity index (χ2v) is 2.30. The highest BCUT2D eigenvalue weighted by Gasteiger charge is 2.00. The summed E-state index contributed by atoms with van der Waals surface area (Å²) in [6.45, 7) is 0. The molecule has 0 amide bonds. The number of hydrazone groups is 1. The van der Waals surface area contributed by atoms with Crippen LogP contribution in [0.25, 0.3) is 0 Å². The third kappa shape index (κ3) is 2.57. The summed E-state index contributed by atoms with van der Waals surface area (Å²) in [7, 11) is 0. The first-order valence-electron chi connectivity index (χ1n) is 3.66. The van der Waals surface area contributed by atoms with Gasteiger partial charge in [0.2, 0.25) is 0 Å². The summed E-state index contributed by atoms with van der Waals surface area (Å²) in [5, 5.41) is 21.9. The van der Waals surface area contributed by atoms with Gasteiger partial charge in [0, 0.05) is 5.10 Å². The SMILES string of the molecule is N#Cc1ccccc1N/N=C/[N+](=O)[O-]. The molecule has 0 fully saturated rings. The molecule has 14 heavy (non-hydrogen) atoms. The first-order valence-corrected chi connectivity index (χ1v) is 3.66. The second kappa shape index (κ2) is 4.57. The zero-order valence-corrected chi connectivity index (χ0v) is 7.04. The second-order valence-electron chi connectivity index (χ2n) is 2.30. The molecule has 0 aromatic heterocycles. The molecule has 0 spiro atoms. The van der Waals surface area contributed by atoms with E-state index in [4.69, 9.17) is 5.26 Å². The summed E-state index contributed by atoms with van der Waals surface area (Å²) in [4.78, 5) is 9.20. The molecule has 1 aromatic carbocycles. The molecule has 0 atom stereocenters. The van der Waals surface area contributed by atoms with Crippen LogP contribution in [0.15, 0.2) is 29.4 Å². The van der Waals surface area contributed by atoms with Crippen molar-refractivity contribution in [3.8, 4) is 6.07 Å². The molecule has 0 heterocycles. The number of rotatable bonds is 3. The minimum Gasteiger partial charge on any atom is -0.358 e. The van der Waals surface area contributed by atoms with Crippen molar-refractivity contribution in [3.05, 3.63) is 39.9 Å². The summed E-state index contributed by atoms with van der Waals surface area (Å²) < 4.78 is 0. The lowest BCUT2D eigenvalue weighted by atomic mass is 10.2. The van der Waals surface area contributed by atoms with Gasteiger partial charge in [-0.05, 0) is 17.1 Å². The zero-order chi connectivity index (χ0) is 10.4. The molecule has 1 N–H and O–H groups in total. The monoisotopic (exact) mass is 190 g/mol. The number of nitriles is 1. The Bertz CT molecular complexity index is 408. The summed E-state index contributed by atoms with van der Waals surface area (Å²) in [5.74, 6) is 0. The average Bonchev–Trinajstić information content (AvgIpc) is 2.18.